The molecule has 0 saturated heterocycles. The van der Waals surface area contributed by atoms with Gasteiger partial charge in [0.25, 0.3) is 0 Å². The summed E-state index contributed by atoms with van der Waals surface area (Å²) in [4.78, 5) is 4.22. The van der Waals surface area contributed by atoms with Gasteiger partial charge in [-0.3, -0.25) is 9.20 Å². The van der Waals surface area contributed by atoms with E-state index in [1.54, 1.807) is 14.2 Å². The van der Waals surface area contributed by atoms with Crippen LogP contribution in [-0.4, -0.2) is 47.9 Å². The minimum Gasteiger partial charge on any atom is -0.497 e. The van der Waals surface area contributed by atoms with Gasteiger partial charge in [0.2, 0.25) is 0 Å². The lowest BCUT2D eigenvalue weighted by atomic mass is 9.98. The van der Waals surface area contributed by atoms with Crippen LogP contribution in [0.4, 0.5) is 0 Å². The second kappa shape index (κ2) is 12.5. The number of hydrogen-bond acceptors (Lipinski definition) is 3. The number of halogens is 1. The van der Waals surface area contributed by atoms with Crippen LogP contribution in [-0.2, 0) is 10.8 Å². The van der Waals surface area contributed by atoms with Gasteiger partial charge in [-0.15, -0.1) is 24.0 Å². The highest BCUT2D eigenvalue weighted by molar-refractivity contribution is 14.0. The van der Waals surface area contributed by atoms with Crippen molar-refractivity contribution in [1.82, 2.24) is 10.6 Å². The van der Waals surface area contributed by atoms with E-state index in [9.17, 15) is 4.21 Å². The number of rotatable bonds is 8. The van der Waals surface area contributed by atoms with Crippen LogP contribution in [0.3, 0.4) is 0 Å². The van der Waals surface area contributed by atoms with Crippen LogP contribution in [0.25, 0.3) is 0 Å². The van der Waals surface area contributed by atoms with Gasteiger partial charge in [-0.1, -0.05) is 19.1 Å². The Morgan fingerprint density at radius 2 is 1.77 bits per heavy atom. The first-order chi connectivity index (χ1) is 11.8. The van der Waals surface area contributed by atoms with Crippen molar-refractivity contribution in [3.05, 3.63) is 29.8 Å². The van der Waals surface area contributed by atoms with Crippen LogP contribution in [0.15, 0.2) is 29.3 Å². The van der Waals surface area contributed by atoms with Crippen molar-refractivity contribution in [2.75, 3.05) is 33.0 Å². The molecule has 0 aliphatic heterocycles. The Morgan fingerprint density at radius 1 is 1.19 bits per heavy atom. The highest BCUT2D eigenvalue weighted by atomic mass is 127. The molecule has 26 heavy (non-hydrogen) atoms. The van der Waals surface area contributed by atoms with E-state index >= 15 is 0 Å². The molecule has 2 atom stereocenters. The van der Waals surface area contributed by atoms with Gasteiger partial charge >= 0.3 is 0 Å². The van der Waals surface area contributed by atoms with E-state index in [-0.39, 0.29) is 28.7 Å². The Hall–Kier alpha value is -0.830. The lowest BCUT2D eigenvalue weighted by molar-refractivity contribution is 0.414. The molecule has 2 unspecified atom stereocenters. The summed E-state index contributed by atoms with van der Waals surface area (Å²) >= 11 is 0. The fourth-order valence-electron chi connectivity index (χ4n) is 2.30. The van der Waals surface area contributed by atoms with Crippen molar-refractivity contribution in [2.24, 2.45) is 4.99 Å². The molecule has 0 fully saturated rings. The number of benzene rings is 1. The maximum absolute atomic E-state index is 12.0. The number of methoxy groups -OCH3 is 1. The fraction of sp³-hybridized carbons (Fsp3) is 0.632. The van der Waals surface area contributed by atoms with Crippen LogP contribution < -0.4 is 15.4 Å². The number of guanidine groups is 1. The third-order valence-electron chi connectivity index (χ3n) is 4.04. The molecule has 0 aliphatic rings. The van der Waals surface area contributed by atoms with Crippen LogP contribution in [0.5, 0.6) is 5.75 Å². The average Bonchev–Trinajstić information content (AvgIpc) is 2.59. The summed E-state index contributed by atoms with van der Waals surface area (Å²) in [5.74, 6) is 2.70. The van der Waals surface area contributed by atoms with E-state index in [1.165, 1.54) is 5.56 Å². The number of aliphatic imine (C=N–C) groups is 1. The van der Waals surface area contributed by atoms with Crippen molar-refractivity contribution in [2.45, 2.75) is 44.8 Å². The molecule has 0 spiro atoms. The Labute approximate surface area is 178 Å². The van der Waals surface area contributed by atoms with Crippen LogP contribution in [0.2, 0.25) is 0 Å². The Balaban J connectivity index is 0.00000625. The molecule has 1 rings (SSSR count). The van der Waals surface area contributed by atoms with Gasteiger partial charge < -0.3 is 15.4 Å². The largest absolute Gasteiger partial charge is 0.497 e. The number of ether oxygens (including phenoxy) is 1. The summed E-state index contributed by atoms with van der Waals surface area (Å²) in [5.41, 5.74) is 1.30. The van der Waals surface area contributed by atoms with Crippen LogP contribution >= 0.6 is 24.0 Å². The number of hydrogen-bond donors (Lipinski definition) is 2. The van der Waals surface area contributed by atoms with Gasteiger partial charge in [0, 0.05) is 41.4 Å². The third kappa shape index (κ3) is 9.21. The molecule has 0 aliphatic carbocycles. The first kappa shape index (κ1) is 25.2. The van der Waals surface area contributed by atoms with Crippen molar-refractivity contribution >= 4 is 40.7 Å². The standard InChI is InChI=1S/C19H33N3O2S.HI/c1-15(16-7-9-17(24-6)10-8-16)11-12-21-18(20-5)22-13-14-25(23)19(2,3)4;/h7-10,15H,11-14H2,1-6H3,(H2,20,21,22);1H. The molecule has 0 saturated carbocycles. The van der Waals surface area contributed by atoms with Crippen molar-refractivity contribution < 1.29 is 8.95 Å². The highest BCUT2D eigenvalue weighted by Crippen LogP contribution is 2.21. The van der Waals surface area contributed by atoms with E-state index < -0.39 is 10.8 Å². The average molecular weight is 495 g/mol. The second-order valence-electron chi connectivity index (χ2n) is 7.05. The van der Waals surface area contributed by atoms with Gasteiger partial charge in [0.15, 0.2) is 5.96 Å². The van der Waals surface area contributed by atoms with E-state index in [4.69, 9.17) is 4.74 Å². The monoisotopic (exact) mass is 495 g/mol. The molecule has 2 N–H and O–H groups in total. The molecule has 150 valence electrons. The molecule has 7 heteroatoms. The van der Waals surface area contributed by atoms with Gasteiger partial charge in [-0.05, 0) is 50.8 Å². The lowest BCUT2D eigenvalue weighted by Gasteiger charge is -2.19. The minimum atomic E-state index is -0.852. The van der Waals surface area contributed by atoms with Gasteiger partial charge in [0.1, 0.15) is 5.75 Å². The first-order valence-electron chi connectivity index (χ1n) is 8.75. The molecule has 0 aromatic heterocycles. The maximum atomic E-state index is 12.0. The van der Waals surface area contributed by atoms with E-state index in [2.05, 4.69) is 34.7 Å². The zero-order chi connectivity index (χ0) is 18.9. The normalized spacial score (nSPS) is 14.2. The molecular formula is C19H34IN3O2S. The maximum Gasteiger partial charge on any atom is 0.191 e. The summed E-state index contributed by atoms with van der Waals surface area (Å²) in [6.07, 6.45) is 1.00. The Bertz CT molecular complexity index is 571. The zero-order valence-corrected chi connectivity index (χ0v) is 19.9. The van der Waals surface area contributed by atoms with Crippen molar-refractivity contribution in [3.8, 4) is 5.75 Å². The quantitative estimate of drug-likeness (QED) is 0.329. The molecule has 1 aromatic carbocycles. The molecule has 1 aromatic rings. The van der Waals surface area contributed by atoms with Gasteiger partial charge in [-0.25, -0.2) is 0 Å². The number of nitrogens with zero attached hydrogens (tertiary/aromatic N) is 1. The van der Waals surface area contributed by atoms with Crippen LogP contribution in [0.1, 0.15) is 45.6 Å². The van der Waals surface area contributed by atoms with Crippen LogP contribution in [0, 0.1) is 0 Å². The smallest absolute Gasteiger partial charge is 0.191 e. The van der Waals surface area contributed by atoms with Gasteiger partial charge in [0.05, 0.1) is 7.11 Å². The minimum absolute atomic E-state index is 0. The van der Waals surface area contributed by atoms with E-state index in [1.807, 2.05) is 32.9 Å². The summed E-state index contributed by atoms with van der Waals surface area (Å²) in [5, 5.41) is 6.55. The summed E-state index contributed by atoms with van der Waals surface area (Å²) < 4.78 is 17.1. The molecule has 0 radical (unpaired) electrons. The summed E-state index contributed by atoms with van der Waals surface area (Å²) in [6.45, 7) is 9.68. The summed E-state index contributed by atoms with van der Waals surface area (Å²) in [6, 6.07) is 8.21. The molecule has 0 amide bonds. The van der Waals surface area contributed by atoms with Gasteiger partial charge in [-0.2, -0.15) is 0 Å². The lowest BCUT2D eigenvalue weighted by Crippen LogP contribution is -2.40. The Kier molecular flexibility index (Phi) is 12.1. The molecule has 0 heterocycles. The Morgan fingerprint density at radius 3 is 2.27 bits per heavy atom. The second-order valence-corrected chi connectivity index (χ2v) is 9.37. The highest BCUT2D eigenvalue weighted by Gasteiger charge is 2.18. The SMILES string of the molecule is CN=C(NCCC(C)c1ccc(OC)cc1)NCCS(=O)C(C)(C)C.I. The predicted octanol–water partition coefficient (Wildman–Crippen LogP) is 3.52. The van der Waals surface area contributed by atoms with E-state index in [0.29, 0.717) is 18.2 Å². The predicted molar refractivity (Wildman–Crippen MR) is 124 cm³/mol. The van der Waals surface area contributed by atoms with E-state index in [0.717, 1.165) is 24.7 Å². The third-order valence-corrected chi connectivity index (χ3v) is 5.98. The van der Waals surface area contributed by atoms with Crippen molar-refractivity contribution in [1.29, 1.82) is 0 Å². The molecule has 5 nitrogen and oxygen atoms in total. The topological polar surface area (TPSA) is 62.7 Å². The number of nitrogens with one attached hydrogen (secondary N) is 2. The first-order valence-corrected chi connectivity index (χ1v) is 10.1. The molecule has 0 bridgehead atoms. The fourth-order valence-corrected chi connectivity index (χ4v) is 3.19. The van der Waals surface area contributed by atoms with Crippen molar-refractivity contribution in [3.63, 3.8) is 0 Å². The molecular weight excluding hydrogens is 461 g/mol. The zero-order valence-electron chi connectivity index (χ0n) is 16.8. The summed E-state index contributed by atoms with van der Waals surface area (Å²) in [7, 11) is 2.58.